The molecule has 0 atom stereocenters. The molecule has 1 aromatic rings. The van der Waals surface area contributed by atoms with Gasteiger partial charge in [-0.25, -0.2) is 8.42 Å². The van der Waals surface area contributed by atoms with E-state index >= 15 is 0 Å². The van der Waals surface area contributed by atoms with Crippen molar-refractivity contribution in [3.63, 3.8) is 0 Å². The summed E-state index contributed by atoms with van der Waals surface area (Å²) in [7, 11) is -0.158. The largest absolute Gasteiger partial charge is 0.495 e. The van der Waals surface area contributed by atoms with Crippen LogP contribution in [0.15, 0.2) is 23.1 Å². The van der Waals surface area contributed by atoms with E-state index in [9.17, 15) is 8.42 Å². The minimum absolute atomic E-state index is 0.130. The molecule has 1 aliphatic rings. The van der Waals surface area contributed by atoms with Crippen molar-refractivity contribution in [2.75, 3.05) is 39.5 Å². The van der Waals surface area contributed by atoms with Gasteiger partial charge in [0.25, 0.3) is 0 Å². The molecule has 0 bridgehead atoms. The highest BCUT2D eigenvalue weighted by molar-refractivity contribution is 7.89. The van der Waals surface area contributed by atoms with Crippen molar-refractivity contribution >= 4 is 15.7 Å². The average Bonchev–Trinajstić information content (AvgIpc) is 2.41. The van der Waals surface area contributed by atoms with Crippen molar-refractivity contribution in [2.45, 2.75) is 24.3 Å². The Morgan fingerprint density at radius 3 is 2.52 bits per heavy atom. The molecule has 0 unspecified atom stereocenters. The molecule has 0 saturated carbocycles. The van der Waals surface area contributed by atoms with Crippen LogP contribution in [0.2, 0.25) is 0 Å². The van der Waals surface area contributed by atoms with Gasteiger partial charge < -0.3 is 10.5 Å². The van der Waals surface area contributed by atoms with Gasteiger partial charge in [-0.2, -0.15) is 4.31 Å². The Balaban J connectivity index is 2.41. The minimum Gasteiger partial charge on any atom is -0.495 e. The van der Waals surface area contributed by atoms with Crippen LogP contribution in [-0.4, -0.2) is 57.0 Å². The van der Waals surface area contributed by atoms with Crippen molar-refractivity contribution in [3.05, 3.63) is 18.2 Å². The molecule has 0 radical (unpaired) electrons. The summed E-state index contributed by atoms with van der Waals surface area (Å²) in [6, 6.07) is 4.68. The van der Waals surface area contributed by atoms with Crippen molar-refractivity contribution in [1.82, 2.24) is 9.21 Å². The van der Waals surface area contributed by atoms with Gasteiger partial charge >= 0.3 is 0 Å². The first kappa shape index (κ1) is 16.1. The summed E-state index contributed by atoms with van der Waals surface area (Å²) in [4.78, 5) is 2.29. The molecule has 1 fully saturated rings. The van der Waals surface area contributed by atoms with E-state index in [2.05, 4.69) is 4.90 Å². The first-order valence-electron chi connectivity index (χ1n) is 6.83. The predicted molar refractivity (Wildman–Crippen MR) is 82.9 cm³/mol. The summed E-state index contributed by atoms with van der Waals surface area (Å²) in [5, 5.41) is 0. The molecule has 2 rings (SSSR count). The second-order valence-corrected chi connectivity index (χ2v) is 7.89. The van der Waals surface area contributed by atoms with Crippen LogP contribution in [0, 0.1) is 0 Å². The zero-order chi connectivity index (χ0) is 15.8. The Kier molecular flexibility index (Phi) is 4.19. The molecule has 0 aromatic heterocycles. The Hall–Kier alpha value is -1.31. The lowest BCUT2D eigenvalue weighted by atomic mass is 10.0. The SMILES string of the molecule is COc1ccc(N)cc1S(=O)(=O)N1CCN(C)C(C)(C)C1. The average molecular weight is 313 g/mol. The fourth-order valence-electron chi connectivity index (χ4n) is 2.43. The number of hydrogen-bond acceptors (Lipinski definition) is 5. The highest BCUT2D eigenvalue weighted by atomic mass is 32.2. The van der Waals surface area contributed by atoms with Gasteiger partial charge in [0.1, 0.15) is 10.6 Å². The quantitative estimate of drug-likeness (QED) is 0.842. The third-order valence-corrected chi connectivity index (χ3v) is 5.95. The molecule has 0 amide bonds. The predicted octanol–water partition coefficient (Wildman–Crippen LogP) is 0.992. The summed E-state index contributed by atoms with van der Waals surface area (Å²) >= 11 is 0. The number of anilines is 1. The van der Waals surface area contributed by atoms with E-state index in [1.807, 2.05) is 20.9 Å². The number of benzene rings is 1. The monoisotopic (exact) mass is 313 g/mol. The van der Waals surface area contributed by atoms with Crippen LogP contribution < -0.4 is 10.5 Å². The van der Waals surface area contributed by atoms with Gasteiger partial charge in [0.05, 0.1) is 7.11 Å². The number of sulfonamides is 1. The Bertz CT molecular complexity index is 628. The number of ether oxygens (including phenoxy) is 1. The number of nitrogens with two attached hydrogens (primary N) is 1. The van der Waals surface area contributed by atoms with Crippen LogP contribution in [-0.2, 0) is 10.0 Å². The molecular formula is C14H23N3O3S. The molecule has 1 saturated heterocycles. The van der Waals surface area contributed by atoms with Crippen LogP contribution in [0.5, 0.6) is 5.75 Å². The third-order valence-electron chi connectivity index (χ3n) is 4.09. The Morgan fingerprint density at radius 1 is 1.29 bits per heavy atom. The maximum atomic E-state index is 12.9. The standard InChI is InChI=1S/C14H23N3O3S/c1-14(2)10-17(8-7-16(14)3)21(18,19)13-9-11(15)5-6-12(13)20-4/h5-6,9H,7-8,10,15H2,1-4H3. The van der Waals surface area contributed by atoms with E-state index in [1.54, 1.807) is 12.1 Å². The fourth-order valence-corrected chi connectivity index (χ4v) is 4.21. The van der Waals surface area contributed by atoms with Gasteiger partial charge in [0.2, 0.25) is 10.0 Å². The van der Waals surface area contributed by atoms with E-state index in [0.717, 1.165) is 0 Å². The molecule has 1 aromatic carbocycles. The molecule has 6 nitrogen and oxygen atoms in total. The lowest BCUT2D eigenvalue weighted by molar-refractivity contribution is 0.0801. The minimum atomic E-state index is -3.62. The molecule has 0 spiro atoms. The Labute approximate surface area is 126 Å². The van der Waals surface area contributed by atoms with Gasteiger partial charge in [0.15, 0.2) is 0 Å². The van der Waals surface area contributed by atoms with Gasteiger partial charge in [-0.3, -0.25) is 4.90 Å². The molecule has 21 heavy (non-hydrogen) atoms. The van der Waals surface area contributed by atoms with E-state index < -0.39 is 10.0 Å². The molecule has 1 aliphatic heterocycles. The number of nitrogens with zero attached hydrogens (tertiary/aromatic N) is 2. The molecule has 0 aliphatic carbocycles. The van der Waals surface area contributed by atoms with E-state index in [4.69, 9.17) is 10.5 Å². The van der Waals surface area contributed by atoms with Crippen LogP contribution in [0.1, 0.15) is 13.8 Å². The second kappa shape index (κ2) is 5.47. The van der Waals surface area contributed by atoms with E-state index in [-0.39, 0.29) is 10.4 Å². The maximum absolute atomic E-state index is 12.9. The molecule has 1 heterocycles. The van der Waals surface area contributed by atoms with Gasteiger partial charge in [-0.15, -0.1) is 0 Å². The zero-order valence-corrected chi connectivity index (χ0v) is 13.8. The van der Waals surface area contributed by atoms with Crippen molar-refractivity contribution < 1.29 is 13.2 Å². The van der Waals surface area contributed by atoms with Crippen molar-refractivity contribution in [2.24, 2.45) is 0 Å². The molecule has 2 N–H and O–H groups in total. The zero-order valence-electron chi connectivity index (χ0n) is 13.0. The summed E-state index contributed by atoms with van der Waals surface area (Å²) in [5.74, 6) is 0.320. The first-order chi connectivity index (χ1) is 9.68. The third kappa shape index (κ3) is 3.00. The number of nitrogen functional groups attached to an aromatic ring is 1. The first-order valence-corrected chi connectivity index (χ1v) is 8.27. The van der Waals surface area contributed by atoms with Crippen molar-refractivity contribution in [1.29, 1.82) is 0 Å². The van der Waals surface area contributed by atoms with Gasteiger partial charge in [0, 0.05) is 30.9 Å². The fraction of sp³-hybridized carbons (Fsp3) is 0.571. The molecule has 7 heteroatoms. The lowest BCUT2D eigenvalue weighted by Gasteiger charge is -2.44. The summed E-state index contributed by atoms with van der Waals surface area (Å²) in [6.07, 6.45) is 0. The molecular weight excluding hydrogens is 290 g/mol. The van der Waals surface area contributed by atoms with Crippen LogP contribution in [0.4, 0.5) is 5.69 Å². The highest BCUT2D eigenvalue weighted by Gasteiger charge is 2.38. The summed E-state index contributed by atoms with van der Waals surface area (Å²) in [5.41, 5.74) is 5.93. The second-order valence-electron chi connectivity index (χ2n) is 5.98. The smallest absolute Gasteiger partial charge is 0.246 e. The van der Waals surface area contributed by atoms with E-state index in [1.165, 1.54) is 17.5 Å². The highest BCUT2D eigenvalue weighted by Crippen LogP contribution is 2.31. The number of piperazine rings is 1. The maximum Gasteiger partial charge on any atom is 0.246 e. The number of rotatable bonds is 3. The number of likely N-dealkylation sites (N-methyl/N-ethyl adjacent to an activating group) is 1. The molecule has 118 valence electrons. The van der Waals surface area contributed by atoms with Gasteiger partial charge in [-0.05, 0) is 39.1 Å². The number of methoxy groups -OCH3 is 1. The van der Waals surface area contributed by atoms with Crippen LogP contribution >= 0.6 is 0 Å². The Morgan fingerprint density at radius 2 is 1.95 bits per heavy atom. The summed E-state index contributed by atoms with van der Waals surface area (Å²) < 4.78 is 32.5. The topological polar surface area (TPSA) is 75.9 Å². The lowest BCUT2D eigenvalue weighted by Crippen LogP contribution is -2.58. The van der Waals surface area contributed by atoms with Gasteiger partial charge in [-0.1, -0.05) is 0 Å². The van der Waals surface area contributed by atoms with Crippen LogP contribution in [0.25, 0.3) is 0 Å². The normalized spacial score (nSPS) is 20.4. The summed E-state index contributed by atoms with van der Waals surface area (Å²) in [6.45, 7) is 5.65. The number of hydrogen-bond donors (Lipinski definition) is 1. The van der Waals surface area contributed by atoms with E-state index in [0.29, 0.717) is 31.1 Å². The van der Waals surface area contributed by atoms with Crippen molar-refractivity contribution in [3.8, 4) is 5.75 Å². The van der Waals surface area contributed by atoms with Crippen LogP contribution in [0.3, 0.4) is 0 Å².